The molecule has 192 valence electrons. The van der Waals surface area contributed by atoms with Crippen molar-refractivity contribution in [3.05, 3.63) is 119 Å². The molecule has 2 aromatic heterocycles. The third-order valence-electron chi connectivity index (χ3n) is 5.87. The first kappa shape index (κ1) is 25.4. The van der Waals surface area contributed by atoms with Crippen LogP contribution in [0.2, 0.25) is 0 Å². The van der Waals surface area contributed by atoms with Crippen molar-refractivity contribution < 1.29 is 18.9 Å². The average Bonchev–Trinajstić information content (AvgIpc) is 3.53. The summed E-state index contributed by atoms with van der Waals surface area (Å²) in [6, 6.07) is 18.8. The third kappa shape index (κ3) is 4.73. The zero-order valence-corrected chi connectivity index (χ0v) is 22.0. The number of benzene rings is 2. The summed E-state index contributed by atoms with van der Waals surface area (Å²) in [4.78, 5) is 43.8. The van der Waals surface area contributed by atoms with Crippen molar-refractivity contribution in [1.29, 1.82) is 0 Å². The van der Waals surface area contributed by atoms with Crippen molar-refractivity contribution in [3.63, 3.8) is 0 Å². The molecule has 0 bridgehead atoms. The Labute approximate surface area is 224 Å². The van der Waals surface area contributed by atoms with E-state index in [0.717, 1.165) is 21.8 Å². The fraction of sp³-hybridized carbons (Fsp3) is 0.148. The molecule has 0 fully saturated rings. The van der Waals surface area contributed by atoms with Gasteiger partial charge >= 0.3 is 11.9 Å². The van der Waals surface area contributed by atoms with Gasteiger partial charge in [0.2, 0.25) is 0 Å². The lowest BCUT2D eigenvalue weighted by Crippen LogP contribution is -2.40. The van der Waals surface area contributed by atoms with Gasteiger partial charge in [-0.25, -0.2) is 9.79 Å². The molecule has 38 heavy (non-hydrogen) atoms. The minimum atomic E-state index is -0.801. The van der Waals surface area contributed by atoms with Crippen LogP contribution in [0.1, 0.15) is 29.9 Å². The maximum absolute atomic E-state index is 13.8. The summed E-state index contributed by atoms with van der Waals surface area (Å²) in [6.45, 7) is 1.88. The van der Waals surface area contributed by atoms with Crippen molar-refractivity contribution in [2.24, 2.45) is 4.99 Å². The van der Waals surface area contributed by atoms with Crippen LogP contribution >= 0.6 is 23.1 Å². The summed E-state index contributed by atoms with van der Waals surface area (Å²) in [6.07, 6.45) is 3.41. The van der Waals surface area contributed by atoms with E-state index in [1.165, 1.54) is 22.8 Å². The fourth-order valence-electron chi connectivity index (χ4n) is 4.19. The van der Waals surface area contributed by atoms with Gasteiger partial charge in [0.05, 0.1) is 34.5 Å². The Morgan fingerprint density at radius 2 is 1.92 bits per heavy atom. The Morgan fingerprint density at radius 3 is 2.55 bits per heavy atom. The lowest BCUT2D eigenvalue weighted by molar-refractivity contribution is -0.402. The SMILES string of the molecule is CCOC(=O)C1=C(c2ccccc2)N=c2s/c(=C\c3ccc([N+](=O)[O-])o3)c(=O)n2[C@@H]1c1ccc(SC)cc1. The lowest BCUT2D eigenvalue weighted by atomic mass is 9.93. The first-order chi connectivity index (χ1) is 18.4. The first-order valence-corrected chi connectivity index (χ1v) is 13.6. The summed E-state index contributed by atoms with van der Waals surface area (Å²) in [5.41, 5.74) is 1.70. The molecule has 3 heterocycles. The van der Waals surface area contributed by atoms with Gasteiger partial charge in [0, 0.05) is 16.5 Å². The number of hydrogen-bond acceptors (Lipinski definition) is 9. The summed E-state index contributed by atoms with van der Waals surface area (Å²) in [5, 5.41) is 11.0. The molecule has 0 N–H and O–H groups in total. The van der Waals surface area contributed by atoms with E-state index in [0.29, 0.717) is 16.1 Å². The Morgan fingerprint density at radius 1 is 1.18 bits per heavy atom. The van der Waals surface area contributed by atoms with Crippen LogP contribution < -0.4 is 14.9 Å². The van der Waals surface area contributed by atoms with Gasteiger partial charge in [-0.05, 0) is 36.9 Å². The molecular formula is C27H21N3O6S2. The highest BCUT2D eigenvalue weighted by Gasteiger charge is 2.35. The van der Waals surface area contributed by atoms with E-state index in [9.17, 15) is 19.7 Å². The highest BCUT2D eigenvalue weighted by atomic mass is 32.2. The van der Waals surface area contributed by atoms with Crippen LogP contribution in [0.15, 0.2) is 91.4 Å². The molecular weight excluding hydrogens is 526 g/mol. The van der Waals surface area contributed by atoms with Crippen LogP contribution in [-0.2, 0) is 9.53 Å². The van der Waals surface area contributed by atoms with Gasteiger partial charge in [-0.15, -0.1) is 11.8 Å². The van der Waals surface area contributed by atoms with Gasteiger partial charge < -0.3 is 9.15 Å². The van der Waals surface area contributed by atoms with Crippen LogP contribution in [0.4, 0.5) is 5.88 Å². The number of thioether (sulfide) groups is 1. The lowest BCUT2D eigenvalue weighted by Gasteiger charge is -2.26. The van der Waals surface area contributed by atoms with Gasteiger partial charge in [0.15, 0.2) is 4.80 Å². The van der Waals surface area contributed by atoms with Crippen LogP contribution in [-0.4, -0.2) is 28.3 Å². The predicted molar refractivity (Wildman–Crippen MR) is 145 cm³/mol. The highest BCUT2D eigenvalue weighted by molar-refractivity contribution is 7.98. The second-order valence-electron chi connectivity index (χ2n) is 8.14. The molecule has 9 nitrogen and oxygen atoms in total. The normalized spacial score (nSPS) is 15.2. The second kappa shape index (κ2) is 10.6. The van der Waals surface area contributed by atoms with Crippen LogP contribution in [0.5, 0.6) is 0 Å². The van der Waals surface area contributed by atoms with Crippen LogP contribution in [0.3, 0.4) is 0 Å². The van der Waals surface area contributed by atoms with Gasteiger partial charge in [0.1, 0.15) is 10.7 Å². The van der Waals surface area contributed by atoms with E-state index >= 15 is 0 Å². The monoisotopic (exact) mass is 547 g/mol. The summed E-state index contributed by atoms with van der Waals surface area (Å²) >= 11 is 2.70. The number of rotatable bonds is 7. The molecule has 1 aliphatic rings. The number of nitrogens with zero attached hydrogens (tertiary/aromatic N) is 3. The largest absolute Gasteiger partial charge is 0.463 e. The van der Waals surface area contributed by atoms with Gasteiger partial charge in [0.25, 0.3) is 5.56 Å². The summed E-state index contributed by atoms with van der Waals surface area (Å²) in [5.74, 6) is -0.826. The average molecular weight is 548 g/mol. The maximum Gasteiger partial charge on any atom is 0.433 e. The number of furan rings is 1. The number of carbonyl (C=O) groups is 1. The van der Waals surface area contributed by atoms with Crippen LogP contribution in [0.25, 0.3) is 11.8 Å². The number of nitro groups is 1. The molecule has 0 saturated heterocycles. The van der Waals surface area contributed by atoms with E-state index in [1.54, 1.807) is 18.7 Å². The number of esters is 1. The number of aromatic nitrogens is 1. The number of thiazole rings is 1. The standard InChI is InChI=1S/C27H21N3O6S2/c1-3-35-26(32)22-23(16-7-5-4-6-8-16)28-27-29(24(22)17-9-12-19(37-2)13-10-17)25(31)20(38-27)15-18-11-14-21(36-18)30(33)34/h4-15,24H,3H2,1-2H3/b20-15-/t24-/m1/s1. The quantitative estimate of drug-likeness (QED) is 0.148. The van der Waals surface area contributed by atoms with E-state index < -0.39 is 28.4 Å². The fourth-order valence-corrected chi connectivity index (χ4v) is 5.58. The molecule has 5 rings (SSSR count). The first-order valence-electron chi connectivity index (χ1n) is 11.6. The third-order valence-corrected chi connectivity index (χ3v) is 7.60. The van der Waals surface area contributed by atoms with E-state index in [-0.39, 0.29) is 22.5 Å². The Balaban J connectivity index is 1.80. The summed E-state index contributed by atoms with van der Waals surface area (Å²) in [7, 11) is 0. The highest BCUT2D eigenvalue weighted by Crippen LogP contribution is 2.35. The van der Waals surface area contributed by atoms with E-state index in [4.69, 9.17) is 14.1 Å². The molecule has 0 unspecified atom stereocenters. The Hall–Kier alpha value is -4.22. The predicted octanol–water partition coefficient (Wildman–Crippen LogP) is 4.16. The number of hydrogen-bond donors (Lipinski definition) is 0. The number of fused-ring (bicyclic) bond motifs is 1. The molecule has 0 saturated carbocycles. The molecule has 2 aromatic carbocycles. The van der Waals surface area contributed by atoms with Crippen molar-refractivity contribution >= 4 is 46.7 Å². The second-order valence-corrected chi connectivity index (χ2v) is 10.0. The van der Waals surface area contributed by atoms with E-state index in [2.05, 4.69) is 0 Å². The number of ether oxygens (including phenoxy) is 1. The van der Waals surface area contributed by atoms with Crippen molar-refractivity contribution in [2.75, 3.05) is 12.9 Å². The van der Waals surface area contributed by atoms with Gasteiger partial charge in [-0.3, -0.25) is 19.5 Å². The summed E-state index contributed by atoms with van der Waals surface area (Å²) < 4.78 is 12.4. The minimum Gasteiger partial charge on any atom is -0.463 e. The molecule has 0 amide bonds. The van der Waals surface area contributed by atoms with Crippen molar-refractivity contribution in [2.45, 2.75) is 17.9 Å². The van der Waals surface area contributed by atoms with E-state index in [1.807, 2.05) is 60.9 Å². The topological polar surface area (TPSA) is 117 Å². The molecule has 1 atom stereocenters. The zero-order chi connectivity index (χ0) is 26.8. The minimum absolute atomic E-state index is 0.157. The van der Waals surface area contributed by atoms with Crippen molar-refractivity contribution in [1.82, 2.24) is 4.57 Å². The van der Waals surface area contributed by atoms with Gasteiger partial charge in [-0.1, -0.05) is 53.8 Å². The van der Waals surface area contributed by atoms with Crippen LogP contribution in [0, 0.1) is 10.1 Å². The maximum atomic E-state index is 13.8. The molecule has 4 aromatic rings. The molecule has 11 heteroatoms. The molecule has 0 radical (unpaired) electrons. The molecule has 0 spiro atoms. The van der Waals surface area contributed by atoms with Crippen molar-refractivity contribution in [3.8, 4) is 0 Å². The Bertz CT molecular complexity index is 1730. The Kier molecular flexibility index (Phi) is 7.12. The molecule has 1 aliphatic heterocycles. The zero-order valence-electron chi connectivity index (χ0n) is 20.3. The van der Waals surface area contributed by atoms with Gasteiger partial charge in [-0.2, -0.15) is 0 Å². The smallest absolute Gasteiger partial charge is 0.433 e. The molecule has 0 aliphatic carbocycles. The number of carbonyl (C=O) groups excluding carboxylic acids is 1.